The van der Waals surface area contributed by atoms with E-state index in [-0.39, 0.29) is 12.2 Å². The number of aryl methyl sites for hydroxylation is 1. The highest BCUT2D eigenvalue weighted by molar-refractivity contribution is 7.95. The highest BCUT2D eigenvalue weighted by atomic mass is 32.2. The normalized spacial score (nSPS) is 16.8. The van der Waals surface area contributed by atoms with Gasteiger partial charge in [-0.25, -0.2) is 8.42 Å². The summed E-state index contributed by atoms with van der Waals surface area (Å²) in [5, 5.41) is 1.21. The Morgan fingerprint density at radius 3 is 2.62 bits per heavy atom. The van der Waals surface area contributed by atoms with Crippen molar-refractivity contribution >= 4 is 21.2 Å². The minimum atomic E-state index is -3.35. The molecular formula is C12H12O3S. The van der Waals surface area contributed by atoms with Gasteiger partial charge in [-0.1, -0.05) is 18.2 Å². The lowest BCUT2D eigenvalue weighted by Crippen LogP contribution is -1.96. The molecule has 4 heteroatoms. The maximum absolute atomic E-state index is 11.9. The number of carbonyl (C=O) groups excluding carboxylic acids is 1. The van der Waals surface area contributed by atoms with Gasteiger partial charge >= 0.3 is 0 Å². The Morgan fingerprint density at radius 2 is 2.00 bits per heavy atom. The number of Topliss-reactive ketones (excluding diaryl/α,β-unsaturated/α-hetero) is 1. The summed E-state index contributed by atoms with van der Waals surface area (Å²) in [6.07, 6.45) is 0.176. The molecule has 84 valence electrons. The Morgan fingerprint density at radius 1 is 1.31 bits per heavy atom. The molecule has 2 rings (SSSR count). The zero-order chi connectivity index (χ0) is 11.9. The third-order valence-electron chi connectivity index (χ3n) is 2.58. The van der Waals surface area contributed by atoms with E-state index >= 15 is 0 Å². The molecule has 1 aromatic carbocycles. The molecule has 0 aliphatic carbocycles. The molecule has 0 radical (unpaired) electrons. The highest BCUT2D eigenvalue weighted by Gasteiger charge is 2.28. The van der Waals surface area contributed by atoms with Gasteiger partial charge in [0.05, 0.1) is 4.90 Å². The van der Waals surface area contributed by atoms with Crippen molar-refractivity contribution in [2.45, 2.75) is 25.2 Å². The van der Waals surface area contributed by atoms with Crippen molar-refractivity contribution in [3.63, 3.8) is 0 Å². The largest absolute Gasteiger partial charge is 0.300 e. The van der Waals surface area contributed by atoms with Gasteiger partial charge < -0.3 is 0 Å². The van der Waals surface area contributed by atoms with E-state index in [0.29, 0.717) is 16.0 Å². The fourth-order valence-corrected chi connectivity index (χ4v) is 3.72. The topological polar surface area (TPSA) is 51.2 Å². The third kappa shape index (κ3) is 1.69. The van der Waals surface area contributed by atoms with E-state index in [1.165, 1.54) is 12.3 Å². The van der Waals surface area contributed by atoms with Crippen LogP contribution in [0.4, 0.5) is 0 Å². The van der Waals surface area contributed by atoms with Crippen LogP contribution in [0.15, 0.2) is 28.5 Å². The molecule has 0 atom stereocenters. The lowest BCUT2D eigenvalue weighted by atomic mass is 10.0. The quantitative estimate of drug-likeness (QED) is 0.790. The van der Waals surface area contributed by atoms with Gasteiger partial charge in [-0.05, 0) is 30.5 Å². The first-order valence-corrected chi connectivity index (χ1v) is 6.51. The lowest BCUT2D eigenvalue weighted by Gasteiger charge is -2.04. The van der Waals surface area contributed by atoms with Crippen molar-refractivity contribution in [3.8, 4) is 0 Å². The molecule has 0 saturated carbocycles. The van der Waals surface area contributed by atoms with E-state index < -0.39 is 9.84 Å². The SMILES string of the molecule is CC(=O)CC1=CS(=O)(=O)c2c(C)cccc21. The average molecular weight is 236 g/mol. The standard InChI is InChI=1S/C12H12O3S/c1-8-4-3-5-11-10(6-9(2)13)7-16(14,15)12(8)11/h3-5,7H,6H2,1-2H3. The minimum absolute atomic E-state index is 0.0317. The Labute approximate surface area is 94.7 Å². The molecule has 1 aliphatic rings. The summed E-state index contributed by atoms with van der Waals surface area (Å²) < 4.78 is 23.8. The van der Waals surface area contributed by atoms with E-state index in [1.807, 2.05) is 6.07 Å². The van der Waals surface area contributed by atoms with E-state index in [1.54, 1.807) is 19.1 Å². The van der Waals surface area contributed by atoms with E-state index in [2.05, 4.69) is 0 Å². The Kier molecular flexibility index (Phi) is 2.46. The minimum Gasteiger partial charge on any atom is -0.300 e. The number of sulfone groups is 1. The fourth-order valence-electron chi connectivity index (χ4n) is 2.00. The molecule has 0 unspecified atom stereocenters. The summed E-state index contributed by atoms with van der Waals surface area (Å²) in [4.78, 5) is 11.4. The number of benzene rings is 1. The first kappa shape index (κ1) is 11.1. The van der Waals surface area contributed by atoms with E-state index in [9.17, 15) is 13.2 Å². The molecule has 0 saturated heterocycles. The summed E-state index contributed by atoms with van der Waals surface area (Å²) in [5.41, 5.74) is 2.01. The summed E-state index contributed by atoms with van der Waals surface area (Å²) in [6.45, 7) is 3.22. The van der Waals surface area contributed by atoms with Crippen LogP contribution in [-0.4, -0.2) is 14.2 Å². The predicted molar refractivity (Wildman–Crippen MR) is 61.6 cm³/mol. The van der Waals surface area contributed by atoms with Crippen molar-refractivity contribution in [1.29, 1.82) is 0 Å². The van der Waals surface area contributed by atoms with Crippen LogP contribution in [0.1, 0.15) is 24.5 Å². The maximum atomic E-state index is 11.9. The average Bonchev–Trinajstić information content (AvgIpc) is 2.38. The molecular weight excluding hydrogens is 224 g/mol. The number of hydrogen-bond donors (Lipinski definition) is 0. The summed E-state index contributed by atoms with van der Waals surface area (Å²) >= 11 is 0. The van der Waals surface area contributed by atoms with Crippen LogP contribution < -0.4 is 0 Å². The van der Waals surface area contributed by atoms with Crippen LogP contribution in [0.2, 0.25) is 0 Å². The number of rotatable bonds is 2. The number of fused-ring (bicyclic) bond motifs is 1. The van der Waals surface area contributed by atoms with Crippen LogP contribution in [-0.2, 0) is 14.6 Å². The molecule has 0 fully saturated rings. The first-order chi connectivity index (χ1) is 7.42. The molecule has 0 N–H and O–H groups in total. The van der Waals surface area contributed by atoms with Gasteiger partial charge in [-0.3, -0.25) is 4.79 Å². The van der Waals surface area contributed by atoms with Crippen molar-refractivity contribution < 1.29 is 13.2 Å². The van der Waals surface area contributed by atoms with Crippen LogP contribution in [0.3, 0.4) is 0 Å². The Hall–Kier alpha value is -1.42. The second kappa shape index (κ2) is 3.56. The number of carbonyl (C=O) groups is 1. The van der Waals surface area contributed by atoms with Crippen molar-refractivity contribution in [2.75, 3.05) is 0 Å². The number of ketones is 1. The number of hydrogen-bond acceptors (Lipinski definition) is 3. The molecule has 1 aromatic rings. The number of allylic oxidation sites excluding steroid dienone is 1. The van der Waals surface area contributed by atoms with Crippen LogP contribution >= 0.6 is 0 Å². The van der Waals surface area contributed by atoms with Gasteiger partial charge in [0.25, 0.3) is 0 Å². The van der Waals surface area contributed by atoms with E-state index in [4.69, 9.17) is 0 Å². The van der Waals surface area contributed by atoms with Gasteiger partial charge in [0.2, 0.25) is 9.84 Å². The van der Waals surface area contributed by atoms with Crippen LogP contribution in [0.25, 0.3) is 5.57 Å². The molecule has 0 aromatic heterocycles. The van der Waals surface area contributed by atoms with Gasteiger partial charge in [0, 0.05) is 11.8 Å². The van der Waals surface area contributed by atoms with Gasteiger partial charge in [0.15, 0.2) is 0 Å². The highest BCUT2D eigenvalue weighted by Crippen LogP contribution is 2.37. The monoisotopic (exact) mass is 236 g/mol. The summed E-state index contributed by atoms with van der Waals surface area (Å²) in [5.74, 6) is -0.0317. The second-order valence-corrected chi connectivity index (χ2v) is 5.75. The maximum Gasteiger partial charge on any atom is 0.200 e. The third-order valence-corrected chi connectivity index (χ3v) is 4.28. The smallest absolute Gasteiger partial charge is 0.200 e. The molecule has 1 heterocycles. The Balaban J connectivity index is 2.65. The fraction of sp³-hybridized carbons (Fsp3) is 0.250. The van der Waals surface area contributed by atoms with E-state index in [0.717, 1.165) is 5.56 Å². The van der Waals surface area contributed by atoms with Gasteiger partial charge in [-0.2, -0.15) is 0 Å². The van der Waals surface area contributed by atoms with Crippen LogP contribution in [0.5, 0.6) is 0 Å². The lowest BCUT2D eigenvalue weighted by molar-refractivity contribution is -0.116. The van der Waals surface area contributed by atoms with Crippen LogP contribution in [0, 0.1) is 6.92 Å². The zero-order valence-electron chi connectivity index (χ0n) is 9.15. The van der Waals surface area contributed by atoms with Crippen molar-refractivity contribution in [3.05, 3.63) is 34.7 Å². The predicted octanol–water partition coefficient (Wildman–Crippen LogP) is 2.10. The summed E-state index contributed by atoms with van der Waals surface area (Å²) in [6, 6.07) is 5.32. The molecule has 3 nitrogen and oxygen atoms in total. The molecule has 0 spiro atoms. The van der Waals surface area contributed by atoms with Gasteiger partial charge in [0.1, 0.15) is 5.78 Å². The van der Waals surface area contributed by atoms with Crippen molar-refractivity contribution in [2.24, 2.45) is 0 Å². The first-order valence-electron chi connectivity index (χ1n) is 4.97. The second-order valence-electron chi connectivity index (χ2n) is 4.02. The van der Waals surface area contributed by atoms with Gasteiger partial charge in [-0.15, -0.1) is 0 Å². The molecule has 1 aliphatic heterocycles. The summed E-state index contributed by atoms with van der Waals surface area (Å²) in [7, 11) is -3.35. The molecule has 16 heavy (non-hydrogen) atoms. The Bertz CT molecular complexity index is 595. The zero-order valence-corrected chi connectivity index (χ0v) is 9.97. The molecule has 0 bridgehead atoms. The molecule has 0 amide bonds. The van der Waals surface area contributed by atoms with Crippen molar-refractivity contribution in [1.82, 2.24) is 0 Å².